The third-order valence-corrected chi connectivity index (χ3v) is 6.35. The van der Waals surface area contributed by atoms with Crippen molar-refractivity contribution < 1.29 is 4.79 Å². The summed E-state index contributed by atoms with van der Waals surface area (Å²) >= 11 is 0. The summed E-state index contributed by atoms with van der Waals surface area (Å²) in [5.74, 6) is -0.0225. The highest BCUT2D eigenvalue weighted by atomic mass is 16.1. The maximum absolute atomic E-state index is 12.5. The van der Waals surface area contributed by atoms with Gasteiger partial charge >= 0.3 is 0 Å². The number of hydrogen-bond donors (Lipinski definition) is 1. The predicted octanol–water partition coefficient (Wildman–Crippen LogP) is 4.31. The van der Waals surface area contributed by atoms with E-state index in [0.29, 0.717) is 6.54 Å². The minimum Gasteiger partial charge on any atom is -0.378 e. The summed E-state index contributed by atoms with van der Waals surface area (Å²) in [7, 11) is 4.14. The molecule has 3 aromatic rings. The van der Waals surface area contributed by atoms with Gasteiger partial charge in [-0.3, -0.25) is 9.69 Å². The molecule has 0 atom stereocenters. The van der Waals surface area contributed by atoms with E-state index in [1.807, 2.05) is 31.2 Å². The van der Waals surface area contributed by atoms with E-state index in [-0.39, 0.29) is 5.91 Å². The molecule has 172 valence electrons. The maximum atomic E-state index is 12.5. The van der Waals surface area contributed by atoms with Gasteiger partial charge in [0.2, 0.25) is 0 Å². The van der Waals surface area contributed by atoms with Crippen LogP contribution in [0.15, 0.2) is 72.8 Å². The van der Waals surface area contributed by atoms with E-state index in [4.69, 9.17) is 0 Å². The van der Waals surface area contributed by atoms with Crippen LogP contribution >= 0.6 is 0 Å². The number of amides is 1. The average molecular weight is 443 g/mol. The topological polar surface area (TPSA) is 38.8 Å². The first-order valence-corrected chi connectivity index (χ1v) is 11.7. The second kappa shape index (κ2) is 10.5. The first-order chi connectivity index (χ1) is 16.0. The Labute approximate surface area is 197 Å². The van der Waals surface area contributed by atoms with E-state index in [1.54, 1.807) is 0 Å². The van der Waals surface area contributed by atoms with Crippen molar-refractivity contribution in [3.05, 3.63) is 95.1 Å². The van der Waals surface area contributed by atoms with Crippen molar-refractivity contribution in [1.29, 1.82) is 0 Å². The molecule has 1 aliphatic rings. The van der Waals surface area contributed by atoms with Crippen molar-refractivity contribution in [2.24, 2.45) is 0 Å². The fourth-order valence-electron chi connectivity index (χ4n) is 4.29. The van der Waals surface area contributed by atoms with Crippen molar-refractivity contribution in [3.63, 3.8) is 0 Å². The van der Waals surface area contributed by atoms with Gasteiger partial charge in [0.05, 0.1) is 0 Å². The van der Waals surface area contributed by atoms with Crippen molar-refractivity contribution in [1.82, 2.24) is 10.2 Å². The monoisotopic (exact) mass is 442 g/mol. The second-order valence-electron chi connectivity index (χ2n) is 8.99. The third-order valence-electron chi connectivity index (χ3n) is 6.35. The highest BCUT2D eigenvalue weighted by Crippen LogP contribution is 2.20. The molecular weight excluding hydrogens is 408 g/mol. The fourth-order valence-corrected chi connectivity index (χ4v) is 4.29. The van der Waals surface area contributed by atoms with Crippen molar-refractivity contribution in [3.8, 4) is 0 Å². The van der Waals surface area contributed by atoms with Gasteiger partial charge in [0.1, 0.15) is 0 Å². The Morgan fingerprint density at radius 1 is 0.879 bits per heavy atom. The molecule has 0 aromatic heterocycles. The van der Waals surface area contributed by atoms with Gasteiger partial charge < -0.3 is 15.1 Å². The zero-order chi connectivity index (χ0) is 23.2. The van der Waals surface area contributed by atoms with E-state index < -0.39 is 0 Å². The van der Waals surface area contributed by atoms with Gasteiger partial charge in [0.15, 0.2) is 0 Å². The van der Waals surface area contributed by atoms with Gasteiger partial charge in [-0.15, -0.1) is 0 Å². The molecule has 1 fully saturated rings. The lowest BCUT2D eigenvalue weighted by Gasteiger charge is -2.36. The summed E-state index contributed by atoms with van der Waals surface area (Å²) in [6, 6.07) is 25.1. The lowest BCUT2D eigenvalue weighted by Crippen LogP contribution is -2.46. The minimum atomic E-state index is -0.0225. The molecule has 5 nitrogen and oxygen atoms in total. The number of aryl methyl sites for hydroxylation is 1. The molecule has 3 aromatic carbocycles. The Morgan fingerprint density at radius 3 is 2.30 bits per heavy atom. The zero-order valence-corrected chi connectivity index (χ0v) is 19.9. The van der Waals surface area contributed by atoms with Gasteiger partial charge in [-0.25, -0.2) is 0 Å². The molecule has 1 saturated heterocycles. The maximum Gasteiger partial charge on any atom is 0.251 e. The van der Waals surface area contributed by atoms with Crippen LogP contribution in [0.2, 0.25) is 0 Å². The van der Waals surface area contributed by atoms with E-state index in [9.17, 15) is 4.79 Å². The summed E-state index contributed by atoms with van der Waals surface area (Å²) in [4.78, 5) is 19.6. The molecule has 1 amide bonds. The van der Waals surface area contributed by atoms with Crippen LogP contribution in [0.25, 0.3) is 0 Å². The van der Waals surface area contributed by atoms with Gasteiger partial charge in [-0.2, -0.15) is 0 Å². The van der Waals surface area contributed by atoms with E-state index in [1.165, 1.54) is 16.9 Å². The molecule has 1 N–H and O–H groups in total. The number of anilines is 2. The fraction of sp³-hybridized carbons (Fsp3) is 0.321. The number of carbonyl (C=O) groups excluding carboxylic acids is 1. The smallest absolute Gasteiger partial charge is 0.251 e. The number of nitrogens with zero attached hydrogens (tertiary/aromatic N) is 3. The predicted molar refractivity (Wildman–Crippen MR) is 137 cm³/mol. The molecule has 0 radical (unpaired) electrons. The van der Waals surface area contributed by atoms with Crippen LogP contribution in [-0.4, -0.2) is 51.1 Å². The molecule has 0 bridgehead atoms. The Kier molecular flexibility index (Phi) is 7.30. The Morgan fingerprint density at radius 2 is 1.61 bits per heavy atom. The second-order valence-corrected chi connectivity index (χ2v) is 8.99. The quantitative estimate of drug-likeness (QED) is 0.592. The van der Waals surface area contributed by atoms with Crippen LogP contribution < -0.4 is 15.1 Å². The third kappa shape index (κ3) is 5.93. The number of piperazine rings is 1. The number of nitrogens with one attached hydrogen (secondary N) is 1. The van der Waals surface area contributed by atoms with Crippen LogP contribution in [0.3, 0.4) is 0 Å². The summed E-state index contributed by atoms with van der Waals surface area (Å²) in [6.07, 6.45) is 0. The highest BCUT2D eigenvalue weighted by molar-refractivity contribution is 5.95. The molecule has 5 heteroatoms. The van der Waals surface area contributed by atoms with E-state index >= 15 is 0 Å². The summed E-state index contributed by atoms with van der Waals surface area (Å²) < 4.78 is 0. The molecule has 1 heterocycles. The SMILES string of the molecule is Cc1ccccc1C(=O)NCc1cccc(N2CCN(Cc3ccc(N(C)C)cc3)CC2)c1. The largest absolute Gasteiger partial charge is 0.378 e. The summed E-state index contributed by atoms with van der Waals surface area (Å²) in [5, 5.41) is 3.06. The molecule has 0 aliphatic carbocycles. The molecule has 1 aliphatic heterocycles. The van der Waals surface area contributed by atoms with E-state index in [2.05, 4.69) is 82.6 Å². The average Bonchev–Trinajstić information content (AvgIpc) is 2.84. The van der Waals surface area contributed by atoms with Crippen LogP contribution in [0.5, 0.6) is 0 Å². The highest BCUT2D eigenvalue weighted by Gasteiger charge is 2.18. The van der Waals surface area contributed by atoms with Gasteiger partial charge in [0, 0.05) is 70.3 Å². The standard InChI is InChI=1S/C28H34N4O/c1-22-7-4-5-10-27(22)28(33)29-20-24-8-6-9-26(19-24)32-17-15-31(16-18-32)21-23-11-13-25(14-12-23)30(2)3/h4-14,19H,15-18,20-21H2,1-3H3,(H,29,33). The van der Waals surface area contributed by atoms with Crippen LogP contribution in [-0.2, 0) is 13.1 Å². The molecule has 0 spiro atoms. The number of carbonyl (C=O) groups is 1. The Bertz CT molecular complexity index is 1070. The van der Waals surface area contributed by atoms with Crippen LogP contribution in [0.1, 0.15) is 27.0 Å². The minimum absolute atomic E-state index is 0.0225. The van der Waals surface area contributed by atoms with Crippen LogP contribution in [0, 0.1) is 6.92 Å². The Balaban J connectivity index is 1.29. The molecule has 0 unspecified atom stereocenters. The molecule has 4 rings (SSSR count). The first-order valence-electron chi connectivity index (χ1n) is 11.7. The van der Waals surface area contributed by atoms with Crippen molar-refractivity contribution in [2.75, 3.05) is 50.1 Å². The molecule has 0 saturated carbocycles. The van der Waals surface area contributed by atoms with Gasteiger partial charge in [0.25, 0.3) is 5.91 Å². The lowest BCUT2D eigenvalue weighted by atomic mass is 10.1. The Hall–Kier alpha value is -3.31. The number of hydrogen-bond acceptors (Lipinski definition) is 4. The zero-order valence-electron chi connectivity index (χ0n) is 19.9. The van der Waals surface area contributed by atoms with Gasteiger partial charge in [-0.1, -0.05) is 42.5 Å². The number of rotatable bonds is 7. The lowest BCUT2D eigenvalue weighted by molar-refractivity contribution is 0.0950. The summed E-state index contributed by atoms with van der Waals surface area (Å²) in [6.45, 7) is 7.60. The molecule has 33 heavy (non-hydrogen) atoms. The molecular formula is C28H34N4O. The number of benzene rings is 3. The van der Waals surface area contributed by atoms with E-state index in [0.717, 1.165) is 49.4 Å². The van der Waals surface area contributed by atoms with Crippen molar-refractivity contribution in [2.45, 2.75) is 20.0 Å². The van der Waals surface area contributed by atoms with Gasteiger partial charge in [-0.05, 0) is 53.9 Å². The normalized spacial score (nSPS) is 14.2. The van der Waals surface area contributed by atoms with Crippen LogP contribution in [0.4, 0.5) is 11.4 Å². The first kappa shape index (κ1) is 22.9. The summed E-state index contributed by atoms with van der Waals surface area (Å²) in [5.41, 5.74) is 6.68. The van der Waals surface area contributed by atoms with Crippen molar-refractivity contribution >= 4 is 17.3 Å².